The van der Waals surface area contributed by atoms with Crippen LogP contribution in [0.25, 0.3) is 0 Å². The van der Waals surface area contributed by atoms with Crippen molar-refractivity contribution in [2.75, 3.05) is 6.61 Å². The molecule has 0 fully saturated rings. The normalized spacial score (nSPS) is 16.5. The van der Waals surface area contributed by atoms with E-state index >= 15 is 0 Å². The second kappa shape index (κ2) is 2.60. The number of fused-ring (bicyclic) bond motifs is 1. The van der Waals surface area contributed by atoms with Crippen molar-refractivity contribution < 1.29 is 4.74 Å². The van der Waals surface area contributed by atoms with Gasteiger partial charge in [-0.3, -0.25) is 0 Å². The lowest BCUT2D eigenvalue weighted by atomic mass is 10.3. The van der Waals surface area contributed by atoms with Crippen LogP contribution in [-0.2, 0) is 24.4 Å². The number of ether oxygens (including phenoxy) is 1. The highest BCUT2D eigenvalue weighted by Gasteiger charge is 2.14. The van der Waals surface area contributed by atoms with Crippen LogP contribution < -0.4 is 5.73 Å². The van der Waals surface area contributed by atoms with Gasteiger partial charge in [-0.05, 0) is 0 Å². The summed E-state index contributed by atoms with van der Waals surface area (Å²) in [7, 11) is 0. The maximum absolute atomic E-state index is 5.45. The van der Waals surface area contributed by atoms with Gasteiger partial charge >= 0.3 is 0 Å². The lowest BCUT2D eigenvalue weighted by Crippen LogP contribution is -2.18. The molecule has 1 aromatic heterocycles. The number of nitrogens with two attached hydrogens (primary N) is 1. The second-order valence-corrected chi connectivity index (χ2v) is 2.46. The Labute approximate surface area is 64.1 Å². The molecule has 2 rings (SSSR count). The van der Waals surface area contributed by atoms with Crippen molar-refractivity contribution in [1.82, 2.24) is 15.0 Å². The van der Waals surface area contributed by atoms with Crippen molar-refractivity contribution in [2.24, 2.45) is 5.73 Å². The topological polar surface area (TPSA) is 66.0 Å². The Kier molecular flexibility index (Phi) is 1.59. The summed E-state index contributed by atoms with van der Waals surface area (Å²) < 4.78 is 7.09. The van der Waals surface area contributed by atoms with Gasteiger partial charge in [0.15, 0.2) is 0 Å². The van der Waals surface area contributed by atoms with Gasteiger partial charge in [0.2, 0.25) is 0 Å². The Balaban J connectivity index is 2.38. The van der Waals surface area contributed by atoms with Crippen LogP contribution in [-0.4, -0.2) is 21.6 Å². The SMILES string of the molecule is NCc1nnn2c1COCC2. The van der Waals surface area contributed by atoms with Gasteiger partial charge in [-0.25, -0.2) is 4.68 Å². The Hall–Kier alpha value is -0.940. The minimum atomic E-state index is 0.443. The number of hydrogen-bond donors (Lipinski definition) is 1. The maximum atomic E-state index is 5.45. The van der Waals surface area contributed by atoms with Crippen LogP contribution in [0.15, 0.2) is 0 Å². The molecule has 1 aliphatic rings. The van der Waals surface area contributed by atoms with Gasteiger partial charge in [0.05, 0.1) is 25.5 Å². The second-order valence-electron chi connectivity index (χ2n) is 2.46. The van der Waals surface area contributed by atoms with Gasteiger partial charge in [0.1, 0.15) is 5.69 Å². The predicted molar refractivity (Wildman–Crippen MR) is 37.6 cm³/mol. The summed E-state index contributed by atoms with van der Waals surface area (Å²) >= 11 is 0. The van der Waals surface area contributed by atoms with Gasteiger partial charge in [-0.15, -0.1) is 5.10 Å². The van der Waals surface area contributed by atoms with E-state index in [9.17, 15) is 0 Å². The predicted octanol–water partition coefficient (Wildman–Crippen LogP) is -0.733. The molecule has 5 nitrogen and oxygen atoms in total. The molecule has 0 radical (unpaired) electrons. The summed E-state index contributed by atoms with van der Waals surface area (Å²) in [5.41, 5.74) is 7.33. The van der Waals surface area contributed by atoms with Gasteiger partial charge < -0.3 is 10.5 Å². The minimum absolute atomic E-state index is 0.443. The van der Waals surface area contributed by atoms with E-state index in [4.69, 9.17) is 10.5 Å². The fourth-order valence-electron chi connectivity index (χ4n) is 1.18. The van der Waals surface area contributed by atoms with E-state index in [1.165, 1.54) is 0 Å². The first kappa shape index (κ1) is 6.75. The van der Waals surface area contributed by atoms with Crippen molar-refractivity contribution in [2.45, 2.75) is 19.7 Å². The summed E-state index contributed by atoms with van der Waals surface area (Å²) in [6.07, 6.45) is 0. The van der Waals surface area contributed by atoms with Crippen molar-refractivity contribution in [3.8, 4) is 0 Å². The van der Waals surface area contributed by atoms with E-state index < -0.39 is 0 Å². The largest absolute Gasteiger partial charge is 0.373 e. The van der Waals surface area contributed by atoms with Crippen molar-refractivity contribution in [3.63, 3.8) is 0 Å². The van der Waals surface area contributed by atoms with Crippen molar-refractivity contribution >= 4 is 0 Å². The Morgan fingerprint density at radius 2 is 2.55 bits per heavy atom. The van der Waals surface area contributed by atoms with Crippen molar-refractivity contribution in [3.05, 3.63) is 11.4 Å². The highest BCUT2D eigenvalue weighted by molar-refractivity contribution is 5.09. The smallest absolute Gasteiger partial charge is 0.102 e. The van der Waals surface area contributed by atoms with Gasteiger partial charge in [-0.2, -0.15) is 0 Å². The van der Waals surface area contributed by atoms with E-state index in [0.29, 0.717) is 13.2 Å². The highest BCUT2D eigenvalue weighted by atomic mass is 16.5. The molecule has 0 spiro atoms. The number of aromatic nitrogens is 3. The quantitative estimate of drug-likeness (QED) is 0.579. The molecule has 0 unspecified atom stereocenters. The third kappa shape index (κ3) is 1.02. The standard InChI is InChI=1S/C6H10N4O/c7-3-5-6-4-11-2-1-10(6)9-8-5/h1-4,7H2. The molecule has 0 amide bonds. The van der Waals surface area contributed by atoms with Crippen LogP contribution in [0.4, 0.5) is 0 Å². The molecule has 2 heterocycles. The van der Waals surface area contributed by atoms with Crippen LogP contribution in [0, 0.1) is 0 Å². The van der Waals surface area contributed by atoms with Gasteiger partial charge in [0, 0.05) is 6.54 Å². The molecule has 1 aliphatic heterocycles. The molecule has 0 bridgehead atoms. The lowest BCUT2D eigenvalue weighted by Gasteiger charge is -2.13. The average molecular weight is 154 g/mol. The van der Waals surface area contributed by atoms with E-state index in [1.54, 1.807) is 0 Å². The molecule has 2 N–H and O–H groups in total. The first-order valence-corrected chi connectivity index (χ1v) is 3.61. The first-order valence-electron chi connectivity index (χ1n) is 3.61. The fraction of sp³-hybridized carbons (Fsp3) is 0.667. The van der Waals surface area contributed by atoms with Crippen LogP contribution >= 0.6 is 0 Å². The van der Waals surface area contributed by atoms with Gasteiger partial charge in [0.25, 0.3) is 0 Å². The zero-order valence-electron chi connectivity index (χ0n) is 6.16. The monoisotopic (exact) mass is 154 g/mol. The summed E-state index contributed by atoms with van der Waals surface area (Å²) in [5, 5.41) is 7.86. The van der Waals surface area contributed by atoms with E-state index in [0.717, 1.165) is 24.5 Å². The molecule has 60 valence electrons. The maximum Gasteiger partial charge on any atom is 0.102 e. The zero-order valence-corrected chi connectivity index (χ0v) is 6.16. The number of nitrogens with zero attached hydrogens (tertiary/aromatic N) is 3. The highest BCUT2D eigenvalue weighted by Crippen LogP contribution is 2.10. The molecule has 1 aromatic rings. The summed E-state index contributed by atoms with van der Waals surface area (Å²) in [4.78, 5) is 0. The summed E-state index contributed by atoms with van der Waals surface area (Å²) in [5.74, 6) is 0. The van der Waals surface area contributed by atoms with Crippen LogP contribution in [0.1, 0.15) is 11.4 Å². The lowest BCUT2D eigenvalue weighted by molar-refractivity contribution is 0.0792. The summed E-state index contributed by atoms with van der Waals surface area (Å²) in [6.45, 7) is 2.56. The van der Waals surface area contributed by atoms with Crippen LogP contribution in [0.3, 0.4) is 0 Å². The third-order valence-corrected chi connectivity index (χ3v) is 1.80. The molecule has 0 aliphatic carbocycles. The molecule has 0 saturated heterocycles. The van der Waals surface area contributed by atoms with E-state index in [1.807, 2.05) is 4.68 Å². The van der Waals surface area contributed by atoms with E-state index in [2.05, 4.69) is 10.3 Å². The molecule has 0 atom stereocenters. The first-order chi connectivity index (χ1) is 5.42. The third-order valence-electron chi connectivity index (χ3n) is 1.80. The number of rotatable bonds is 1. The van der Waals surface area contributed by atoms with Gasteiger partial charge in [-0.1, -0.05) is 5.21 Å². The average Bonchev–Trinajstić information content (AvgIpc) is 2.47. The Morgan fingerprint density at radius 1 is 1.64 bits per heavy atom. The summed E-state index contributed by atoms with van der Waals surface area (Å²) in [6, 6.07) is 0. The Morgan fingerprint density at radius 3 is 3.36 bits per heavy atom. The van der Waals surface area contributed by atoms with Crippen LogP contribution in [0.2, 0.25) is 0 Å². The zero-order chi connectivity index (χ0) is 7.68. The molecule has 0 saturated carbocycles. The molecular formula is C6H10N4O. The molecular weight excluding hydrogens is 144 g/mol. The fourth-order valence-corrected chi connectivity index (χ4v) is 1.18. The molecule has 5 heteroatoms. The van der Waals surface area contributed by atoms with Crippen molar-refractivity contribution in [1.29, 1.82) is 0 Å². The number of hydrogen-bond acceptors (Lipinski definition) is 4. The van der Waals surface area contributed by atoms with Crippen LogP contribution in [0.5, 0.6) is 0 Å². The van der Waals surface area contributed by atoms with E-state index in [-0.39, 0.29) is 0 Å². The molecule has 11 heavy (non-hydrogen) atoms. The minimum Gasteiger partial charge on any atom is -0.373 e. The Bertz CT molecular complexity index is 244. The molecule has 0 aromatic carbocycles.